The lowest BCUT2D eigenvalue weighted by Gasteiger charge is -2.34. The van der Waals surface area contributed by atoms with Gasteiger partial charge in [0.1, 0.15) is 5.52 Å². The Balaban J connectivity index is 1.28. The topological polar surface area (TPSA) is 75.6 Å². The highest BCUT2D eigenvalue weighted by atomic mass is 16.5. The molecule has 29 heavy (non-hydrogen) atoms. The quantitative estimate of drug-likeness (QED) is 0.622. The van der Waals surface area contributed by atoms with Gasteiger partial charge in [-0.15, -0.1) is 0 Å². The van der Waals surface area contributed by atoms with Crippen molar-refractivity contribution in [3.63, 3.8) is 0 Å². The monoisotopic (exact) mass is 390 g/mol. The van der Waals surface area contributed by atoms with E-state index in [-0.39, 0.29) is 12.5 Å². The van der Waals surface area contributed by atoms with Crippen molar-refractivity contribution in [1.82, 2.24) is 19.8 Å². The summed E-state index contributed by atoms with van der Waals surface area (Å²) in [7, 11) is 0. The van der Waals surface area contributed by atoms with Crippen molar-refractivity contribution in [2.75, 3.05) is 32.8 Å². The van der Waals surface area contributed by atoms with E-state index in [1.54, 1.807) is 29.3 Å². The van der Waals surface area contributed by atoms with E-state index in [0.717, 1.165) is 19.6 Å². The van der Waals surface area contributed by atoms with Crippen molar-refractivity contribution < 1.29 is 14.3 Å². The number of hydrogen-bond donors (Lipinski definition) is 0. The summed E-state index contributed by atoms with van der Waals surface area (Å²) in [5, 5.41) is 0. The predicted molar refractivity (Wildman–Crippen MR) is 108 cm³/mol. The van der Waals surface area contributed by atoms with Crippen LogP contribution in [0.25, 0.3) is 11.0 Å². The SMILES string of the molecule is O=C(OCC(=O)N1CCN(Cc2ccccc2)CC1)c1cccc2nccnc12. The summed E-state index contributed by atoms with van der Waals surface area (Å²) in [6, 6.07) is 15.4. The molecule has 0 atom stereocenters. The fourth-order valence-corrected chi connectivity index (χ4v) is 3.45. The van der Waals surface area contributed by atoms with Crippen molar-refractivity contribution in [2.45, 2.75) is 6.54 Å². The summed E-state index contributed by atoms with van der Waals surface area (Å²) in [6.07, 6.45) is 3.09. The molecule has 0 bridgehead atoms. The zero-order valence-electron chi connectivity index (χ0n) is 16.0. The molecule has 4 rings (SSSR count). The van der Waals surface area contributed by atoms with Crippen LogP contribution in [0.4, 0.5) is 0 Å². The molecule has 0 N–H and O–H groups in total. The van der Waals surface area contributed by atoms with Crippen molar-refractivity contribution in [3.8, 4) is 0 Å². The number of aromatic nitrogens is 2. The van der Waals surface area contributed by atoms with Gasteiger partial charge < -0.3 is 9.64 Å². The molecule has 7 nitrogen and oxygen atoms in total. The number of esters is 1. The first-order chi connectivity index (χ1) is 14.2. The van der Waals surface area contributed by atoms with Gasteiger partial charge in [0.25, 0.3) is 5.91 Å². The smallest absolute Gasteiger partial charge is 0.340 e. The number of para-hydroxylation sites is 1. The highest BCUT2D eigenvalue weighted by Gasteiger charge is 2.22. The van der Waals surface area contributed by atoms with Crippen molar-refractivity contribution >= 4 is 22.9 Å². The Kier molecular flexibility index (Phi) is 5.76. The van der Waals surface area contributed by atoms with E-state index in [1.165, 1.54) is 11.8 Å². The minimum atomic E-state index is -0.563. The Labute approximate surface area is 168 Å². The largest absolute Gasteiger partial charge is 0.452 e. The van der Waals surface area contributed by atoms with Gasteiger partial charge in [-0.2, -0.15) is 0 Å². The molecule has 1 aliphatic heterocycles. The molecule has 7 heteroatoms. The van der Waals surface area contributed by atoms with Crippen LogP contribution in [0.15, 0.2) is 60.9 Å². The maximum atomic E-state index is 12.5. The maximum absolute atomic E-state index is 12.5. The molecular formula is C22H22N4O3. The maximum Gasteiger partial charge on any atom is 0.340 e. The molecule has 0 unspecified atom stereocenters. The average molecular weight is 390 g/mol. The molecule has 0 radical (unpaired) electrons. The summed E-state index contributed by atoms with van der Waals surface area (Å²) < 4.78 is 5.26. The number of carbonyl (C=O) groups excluding carboxylic acids is 2. The van der Waals surface area contributed by atoms with Crippen LogP contribution < -0.4 is 0 Å². The van der Waals surface area contributed by atoms with Crippen molar-refractivity contribution in [2.24, 2.45) is 0 Å². The van der Waals surface area contributed by atoms with Crippen LogP contribution in [0.5, 0.6) is 0 Å². The molecule has 148 valence electrons. The van der Waals surface area contributed by atoms with Gasteiger partial charge in [-0.3, -0.25) is 19.7 Å². The normalized spacial score (nSPS) is 14.7. The first-order valence-corrected chi connectivity index (χ1v) is 9.61. The van der Waals surface area contributed by atoms with Gasteiger partial charge in [-0.1, -0.05) is 36.4 Å². The minimum Gasteiger partial charge on any atom is -0.452 e. The molecule has 0 aliphatic carbocycles. The number of nitrogens with zero attached hydrogens (tertiary/aromatic N) is 4. The second-order valence-electron chi connectivity index (χ2n) is 6.95. The Morgan fingerprint density at radius 2 is 1.66 bits per heavy atom. The lowest BCUT2D eigenvalue weighted by Crippen LogP contribution is -2.49. The molecule has 1 amide bonds. The number of ether oxygens (including phenoxy) is 1. The fourth-order valence-electron chi connectivity index (χ4n) is 3.45. The summed E-state index contributed by atoms with van der Waals surface area (Å²) in [5.74, 6) is -0.740. The second kappa shape index (κ2) is 8.79. The third-order valence-electron chi connectivity index (χ3n) is 5.02. The molecule has 2 aromatic carbocycles. The molecule has 2 heterocycles. The van der Waals surface area contributed by atoms with Gasteiger partial charge >= 0.3 is 5.97 Å². The third-order valence-corrected chi connectivity index (χ3v) is 5.02. The zero-order valence-corrected chi connectivity index (χ0v) is 16.0. The summed E-state index contributed by atoms with van der Waals surface area (Å²) in [6.45, 7) is 3.46. The molecule has 1 fully saturated rings. The molecule has 1 saturated heterocycles. The van der Waals surface area contributed by atoms with Crippen LogP contribution >= 0.6 is 0 Å². The zero-order chi connectivity index (χ0) is 20.1. The summed E-state index contributed by atoms with van der Waals surface area (Å²) in [5.41, 5.74) is 2.67. The fraction of sp³-hybridized carbons (Fsp3) is 0.273. The van der Waals surface area contributed by atoms with E-state index in [0.29, 0.717) is 29.7 Å². The van der Waals surface area contributed by atoms with Gasteiger partial charge in [0.15, 0.2) is 6.61 Å². The van der Waals surface area contributed by atoms with E-state index >= 15 is 0 Å². The number of fused-ring (bicyclic) bond motifs is 1. The third kappa shape index (κ3) is 4.57. The summed E-state index contributed by atoms with van der Waals surface area (Å²) >= 11 is 0. The van der Waals surface area contributed by atoms with Crippen LogP contribution in [-0.4, -0.2) is 64.4 Å². The Morgan fingerprint density at radius 3 is 2.45 bits per heavy atom. The van der Waals surface area contributed by atoms with Gasteiger partial charge in [0, 0.05) is 45.1 Å². The highest BCUT2D eigenvalue weighted by molar-refractivity contribution is 6.02. The van der Waals surface area contributed by atoms with Crippen LogP contribution in [-0.2, 0) is 16.1 Å². The molecule has 0 saturated carbocycles. The van der Waals surface area contributed by atoms with E-state index in [9.17, 15) is 9.59 Å². The van der Waals surface area contributed by atoms with Gasteiger partial charge in [0.05, 0.1) is 11.1 Å². The van der Waals surface area contributed by atoms with Crippen molar-refractivity contribution in [1.29, 1.82) is 0 Å². The number of benzene rings is 2. The Morgan fingerprint density at radius 1 is 0.897 bits per heavy atom. The highest BCUT2D eigenvalue weighted by Crippen LogP contribution is 2.15. The number of carbonyl (C=O) groups is 2. The van der Waals surface area contributed by atoms with Gasteiger partial charge in [-0.25, -0.2) is 4.79 Å². The van der Waals surface area contributed by atoms with E-state index in [4.69, 9.17) is 4.74 Å². The van der Waals surface area contributed by atoms with Crippen LogP contribution in [0.1, 0.15) is 15.9 Å². The van der Waals surface area contributed by atoms with Gasteiger partial charge in [0.2, 0.25) is 0 Å². The Bertz CT molecular complexity index is 996. The van der Waals surface area contributed by atoms with E-state index in [1.807, 2.05) is 18.2 Å². The molecular weight excluding hydrogens is 368 g/mol. The molecule has 1 aromatic heterocycles. The first kappa shape index (κ1) is 19.0. The van der Waals surface area contributed by atoms with E-state index < -0.39 is 5.97 Å². The Hall–Kier alpha value is -3.32. The second-order valence-corrected chi connectivity index (χ2v) is 6.95. The standard InChI is InChI=1S/C22H22N4O3/c27-20(26-13-11-25(12-14-26)15-17-5-2-1-3-6-17)16-29-22(28)18-7-4-8-19-21(18)24-10-9-23-19/h1-10H,11-16H2. The minimum absolute atomic E-state index is 0.177. The van der Waals surface area contributed by atoms with Crippen LogP contribution in [0, 0.1) is 0 Å². The van der Waals surface area contributed by atoms with Crippen LogP contribution in [0.2, 0.25) is 0 Å². The average Bonchev–Trinajstić information content (AvgIpc) is 2.78. The number of piperazine rings is 1. The molecule has 1 aliphatic rings. The lowest BCUT2D eigenvalue weighted by molar-refractivity contribution is -0.136. The van der Waals surface area contributed by atoms with Gasteiger partial charge in [-0.05, 0) is 17.7 Å². The first-order valence-electron chi connectivity index (χ1n) is 9.61. The van der Waals surface area contributed by atoms with E-state index in [2.05, 4.69) is 27.0 Å². The number of amides is 1. The predicted octanol–water partition coefficient (Wildman–Crippen LogP) is 2.13. The molecule has 0 spiro atoms. The number of rotatable bonds is 5. The lowest BCUT2D eigenvalue weighted by atomic mass is 10.2. The van der Waals surface area contributed by atoms with Crippen molar-refractivity contribution in [3.05, 3.63) is 72.1 Å². The number of hydrogen-bond acceptors (Lipinski definition) is 6. The molecule has 3 aromatic rings. The summed E-state index contributed by atoms with van der Waals surface area (Å²) in [4.78, 5) is 37.3. The van der Waals surface area contributed by atoms with Crippen LogP contribution in [0.3, 0.4) is 0 Å².